The van der Waals surface area contributed by atoms with Gasteiger partial charge in [-0.25, -0.2) is 0 Å². The van der Waals surface area contributed by atoms with Gasteiger partial charge < -0.3 is 20.1 Å². The number of ether oxygens (including phenoxy) is 2. The average Bonchev–Trinajstić information content (AvgIpc) is 2.63. The summed E-state index contributed by atoms with van der Waals surface area (Å²) in [5.41, 5.74) is 3.05. The lowest BCUT2D eigenvalue weighted by Crippen LogP contribution is -2.27. The standard InChI is InChI=1S/C20H24N2O4/c1-14-7-8-15(2)18(11-14)26-13-19(23)22-17-6-4-5-16(12-17)20(24)21-9-10-25-3/h4-8,11-12H,9-10,13H2,1-3H3,(H,21,24)(H,22,23). The van der Waals surface area contributed by atoms with Gasteiger partial charge in [0.25, 0.3) is 11.8 Å². The molecule has 0 heterocycles. The number of methoxy groups -OCH3 is 1. The highest BCUT2D eigenvalue weighted by Crippen LogP contribution is 2.19. The highest BCUT2D eigenvalue weighted by Gasteiger charge is 2.09. The van der Waals surface area contributed by atoms with Gasteiger partial charge >= 0.3 is 0 Å². The van der Waals surface area contributed by atoms with Gasteiger partial charge in [-0.15, -0.1) is 0 Å². The Morgan fingerprint density at radius 3 is 2.65 bits per heavy atom. The van der Waals surface area contributed by atoms with Crippen molar-refractivity contribution in [3.05, 3.63) is 59.2 Å². The quantitative estimate of drug-likeness (QED) is 0.713. The predicted molar refractivity (Wildman–Crippen MR) is 101 cm³/mol. The van der Waals surface area contributed by atoms with E-state index >= 15 is 0 Å². The molecule has 0 radical (unpaired) electrons. The van der Waals surface area contributed by atoms with Crippen LogP contribution in [0.4, 0.5) is 5.69 Å². The number of carbonyl (C=O) groups excluding carboxylic acids is 2. The van der Waals surface area contributed by atoms with Crippen molar-refractivity contribution in [2.75, 3.05) is 32.2 Å². The molecule has 0 aliphatic rings. The van der Waals surface area contributed by atoms with Crippen molar-refractivity contribution >= 4 is 17.5 Å². The minimum Gasteiger partial charge on any atom is -0.483 e. The van der Waals surface area contributed by atoms with E-state index in [1.807, 2.05) is 32.0 Å². The number of rotatable bonds is 8. The van der Waals surface area contributed by atoms with E-state index in [1.165, 1.54) is 0 Å². The molecular formula is C20H24N2O4. The van der Waals surface area contributed by atoms with Gasteiger partial charge in [0.15, 0.2) is 6.61 Å². The molecule has 0 saturated heterocycles. The molecule has 2 amide bonds. The van der Waals surface area contributed by atoms with Gasteiger partial charge in [0.2, 0.25) is 0 Å². The highest BCUT2D eigenvalue weighted by molar-refractivity contribution is 5.97. The van der Waals surface area contributed by atoms with Gasteiger partial charge in [0, 0.05) is 24.9 Å². The first kappa shape index (κ1) is 19.5. The second-order valence-electron chi connectivity index (χ2n) is 5.94. The molecule has 26 heavy (non-hydrogen) atoms. The van der Waals surface area contributed by atoms with E-state index in [0.717, 1.165) is 11.1 Å². The van der Waals surface area contributed by atoms with Gasteiger partial charge in [0.05, 0.1) is 6.61 Å². The summed E-state index contributed by atoms with van der Waals surface area (Å²) in [6, 6.07) is 12.6. The maximum atomic E-state index is 12.1. The number of aryl methyl sites for hydroxylation is 2. The Labute approximate surface area is 153 Å². The molecule has 0 saturated carbocycles. The third-order valence-corrected chi connectivity index (χ3v) is 3.70. The summed E-state index contributed by atoms with van der Waals surface area (Å²) in [6.45, 7) is 4.66. The van der Waals surface area contributed by atoms with Crippen molar-refractivity contribution in [2.45, 2.75) is 13.8 Å². The van der Waals surface area contributed by atoms with Crippen LogP contribution >= 0.6 is 0 Å². The summed E-state index contributed by atoms with van der Waals surface area (Å²) in [5.74, 6) is 0.180. The number of hydrogen-bond acceptors (Lipinski definition) is 4. The molecule has 0 aliphatic heterocycles. The molecular weight excluding hydrogens is 332 g/mol. The fourth-order valence-corrected chi connectivity index (χ4v) is 2.31. The smallest absolute Gasteiger partial charge is 0.262 e. The lowest BCUT2D eigenvalue weighted by molar-refractivity contribution is -0.118. The molecule has 138 valence electrons. The Bertz CT molecular complexity index is 774. The molecule has 6 heteroatoms. The normalized spacial score (nSPS) is 10.3. The van der Waals surface area contributed by atoms with Crippen molar-refractivity contribution in [2.24, 2.45) is 0 Å². The van der Waals surface area contributed by atoms with Crippen LogP contribution in [0.25, 0.3) is 0 Å². The number of benzene rings is 2. The fourth-order valence-electron chi connectivity index (χ4n) is 2.31. The largest absolute Gasteiger partial charge is 0.483 e. The van der Waals surface area contributed by atoms with E-state index in [4.69, 9.17) is 9.47 Å². The Morgan fingerprint density at radius 2 is 1.88 bits per heavy atom. The summed E-state index contributed by atoms with van der Waals surface area (Å²) < 4.78 is 10.5. The summed E-state index contributed by atoms with van der Waals surface area (Å²) >= 11 is 0. The van der Waals surface area contributed by atoms with E-state index in [0.29, 0.717) is 30.2 Å². The Hall–Kier alpha value is -2.86. The SMILES string of the molecule is COCCNC(=O)c1cccc(NC(=O)COc2cc(C)ccc2C)c1. The van der Waals surface area contributed by atoms with Crippen LogP contribution in [0.1, 0.15) is 21.5 Å². The zero-order chi connectivity index (χ0) is 18.9. The summed E-state index contributed by atoms with van der Waals surface area (Å²) in [7, 11) is 1.57. The Morgan fingerprint density at radius 1 is 1.08 bits per heavy atom. The fraction of sp³-hybridized carbons (Fsp3) is 0.300. The zero-order valence-electron chi connectivity index (χ0n) is 15.3. The second-order valence-corrected chi connectivity index (χ2v) is 5.94. The maximum absolute atomic E-state index is 12.1. The third-order valence-electron chi connectivity index (χ3n) is 3.70. The van der Waals surface area contributed by atoms with Gasteiger partial charge in [-0.05, 0) is 49.2 Å². The minimum absolute atomic E-state index is 0.103. The van der Waals surface area contributed by atoms with Crippen LogP contribution in [-0.4, -0.2) is 38.7 Å². The van der Waals surface area contributed by atoms with Gasteiger partial charge in [-0.1, -0.05) is 18.2 Å². The summed E-state index contributed by atoms with van der Waals surface area (Å²) in [6.07, 6.45) is 0. The molecule has 2 N–H and O–H groups in total. The molecule has 2 aromatic carbocycles. The molecule has 0 fully saturated rings. The molecule has 2 rings (SSSR count). The third kappa shape index (κ3) is 5.89. The summed E-state index contributed by atoms with van der Waals surface area (Å²) in [5, 5.41) is 5.48. The molecule has 0 spiro atoms. The lowest BCUT2D eigenvalue weighted by Gasteiger charge is -2.11. The van der Waals surface area contributed by atoms with Crippen LogP contribution in [0.15, 0.2) is 42.5 Å². The van der Waals surface area contributed by atoms with Crippen molar-refractivity contribution in [3.63, 3.8) is 0 Å². The maximum Gasteiger partial charge on any atom is 0.262 e. The van der Waals surface area contributed by atoms with E-state index in [9.17, 15) is 9.59 Å². The number of nitrogens with one attached hydrogen (secondary N) is 2. The van der Waals surface area contributed by atoms with Crippen molar-refractivity contribution in [3.8, 4) is 5.75 Å². The average molecular weight is 356 g/mol. The molecule has 0 unspecified atom stereocenters. The van der Waals surface area contributed by atoms with E-state index < -0.39 is 0 Å². The van der Waals surface area contributed by atoms with Crippen molar-refractivity contribution < 1.29 is 19.1 Å². The van der Waals surface area contributed by atoms with Crippen molar-refractivity contribution in [1.29, 1.82) is 0 Å². The van der Waals surface area contributed by atoms with Crippen LogP contribution in [0.2, 0.25) is 0 Å². The molecule has 6 nitrogen and oxygen atoms in total. The van der Waals surface area contributed by atoms with Crippen LogP contribution < -0.4 is 15.4 Å². The number of hydrogen-bond donors (Lipinski definition) is 2. The molecule has 0 aliphatic carbocycles. The number of carbonyl (C=O) groups is 2. The first-order valence-corrected chi connectivity index (χ1v) is 8.36. The van der Waals surface area contributed by atoms with Gasteiger partial charge in [-0.3, -0.25) is 9.59 Å². The van der Waals surface area contributed by atoms with Gasteiger partial charge in [-0.2, -0.15) is 0 Å². The van der Waals surface area contributed by atoms with Crippen LogP contribution in [0.3, 0.4) is 0 Å². The highest BCUT2D eigenvalue weighted by atomic mass is 16.5. The first-order chi connectivity index (χ1) is 12.5. The van der Waals surface area contributed by atoms with Gasteiger partial charge in [0.1, 0.15) is 5.75 Å². The first-order valence-electron chi connectivity index (χ1n) is 8.36. The zero-order valence-corrected chi connectivity index (χ0v) is 15.3. The summed E-state index contributed by atoms with van der Waals surface area (Å²) in [4.78, 5) is 24.2. The van der Waals surface area contributed by atoms with E-state index in [-0.39, 0.29) is 18.4 Å². The molecule has 0 bridgehead atoms. The topological polar surface area (TPSA) is 76.7 Å². The Kier molecular flexibility index (Phi) is 7.17. The van der Waals surface area contributed by atoms with E-state index in [1.54, 1.807) is 31.4 Å². The second kappa shape index (κ2) is 9.58. The Balaban J connectivity index is 1.91. The van der Waals surface area contributed by atoms with Crippen LogP contribution in [0.5, 0.6) is 5.75 Å². The van der Waals surface area contributed by atoms with Crippen LogP contribution in [0, 0.1) is 13.8 Å². The van der Waals surface area contributed by atoms with Crippen molar-refractivity contribution in [1.82, 2.24) is 5.32 Å². The monoisotopic (exact) mass is 356 g/mol. The lowest BCUT2D eigenvalue weighted by atomic mass is 10.1. The number of anilines is 1. The van der Waals surface area contributed by atoms with Crippen LogP contribution in [-0.2, 0) is 9.53 Å². The molecule has 0 aromatic heterocycles. The molecule has 0 atom stereocenters. The molecule has 2 aromatic rings. The number of amides is 2. The minimum atomic E-state index is -0.289. The predicted octanol–water partition coefficient (Wildman–Crippen LogP) is 2.70. The van der Waals surface area contributed by atoms with E-state index in [2.05, 4.69) is 10.6 Å².